The molecule has 0 saturated heterocycles. The molecule has 10 heteroatoms. The Morgan fingerprint density at radius 2 is 1.88 bits per heavy atom. The van der Waals surface area contributed by atoms with E-state index >= 15 is 0 Å². The average Bonchev–Trinajstić information content (AvgIpc) is 3.19. The van der Waals surface area contributed by atoms with Crippen LogP contribution in [0.25, 0.3) is 0 Å². The minimum Gasteiger partial charge on any atom is -0.478 e. The molecule has 0 aliphatic carbocycles. The second kappa shape index (κ2) is 8.62. The van der Waals surface area contributed by atoms with E-state index in [0.717, 1.165) is 5.69 Å². The molecule has 0 spiro atoms. The summed E-state index contributed by atoms with van der Waals surface area (Å²) in [4.78, 5) is 34.2. The molecule has 134 valence electrons. The number of hydrogen-bond donors (Lipinski definition) is 3. The Morgan fingerprint density at radius 3 is 2.48 bits per heavy atom. The zero-order chi connectivity index (χ0) is 18.2. The average molecular weight is 348 g/mol. The number of nitrogens with zero attached hydrogens (tertiary/aromatic N) is 4. The van der Waals surface area contributed by atoms with E-state index in [1.165, 1.54) is 17.1 Å². The van der Waals surface area contributed by atoms with Gasteiger partial charge in [-0.05, 0) is 13.0 Å². The highest BCUT2D eigenvalue weighted by Gasteiger charge is 2.08. The fraction of sp³-hybridized carbons (Fsp3) is 0.400. The van der Waals surface area contributed by atoms with Crippen LogP contribution in [0.3, 0.4) is 0 Å². The first-order chi connectivity index (χ1) is 12.0. The van der Waals surface area contributed by atoms with Gasteiger partial charge in [0.2, 0.25) is 11.8 Å². The van der Waals surface area contributed by atoms with Gasteiger partial charge in [0.1, 0.15) is 6.54 Å². The molecule has 2 heterocycles. The molecule has 0 bridgehead atoms. The first-order valence-corrected chi connectivity index (χ1v) is 7.73. The van der Waals surface area contributed by atoms with E-state index in [4.69, 9.17) is 5.11 Å². The van der Waals surface area contributed by atoms with Crippen LogP contribution in [-0.4, -0.2) is 55.5 Å². The molecule has 0 unspecified atom stereocenters. The predicted octanol–water partition coefficient (Wildman–Crippen LogP) is -0.591. The van der Waals surface area contributed by atoms with Crippen LogP contribution >= 0.6 is 0 Å². The molecule has 0 aliphatic heterocycles. The molecule has 2 rings (SSSR count). The number of carboxylic acids is 1. The van der Waals surface area contributed by atoms with E-state index in [1.54, 1.807) is 10.9 Å². The van der Waals surface area contributed by atoms with Crippen LogP contribution in [0.2, 0.25) is 0 Å². The van der Waals surface area contributed by atoms with Crippen LogP contribution in [0, 0.1) is 6.92 Å². The van der Waals surface area contributed by atoms with E-state index in [-0.39, 0.29) is 36.9 Å². The van der Waals surface area contributed by atoms with Crippen molar-refractivity contribution in [1.82, 2.24) is 30.2 Å². The van der Waals surface area contributed by atoms with Crippen LogP contribution in [0.15, 0.2) is 24.7 Å². The zero-order valence-electron chi connectivity index (χ0n) is 13.8. The van der Waals surface area contributed by atoms with Crippen molar-refractivity contribution in [2.24, 2.45) is 0 Å². The van der Waals surface area contributed by atoms with Gasteiger partial charge in [-0.1, -0.05) is 0 Å². The fourth-order valence-corrected chi connectivity index (χ4v) is 2.06. The number of aryl methyl sites for hydroxylation is 2. The van der Waals surface area contributed by atoms with Crippen molar-refractivity contribution in [3.8, 4) is 0 Å². The first-order valence-electron chi connectivity index (χ1n) is 7.73. The Morgan fingerprint density at radius 1 is 1.16 bits per heavy atom. The number of rotatable bonds is 9. The molecule has 3 N–H and O–H groups in total. The summed E-state index contributed by atoms with van der Waals surface area (Å²) in [6.45, 7) is 2.90. The second-order valence-electron chi connectivity index (χ2n) is 5.38. The lowest BCUT2D eigenvalue weighted by Gasteiger charge is -2.08. The molecule has 2 amide bonds. The lowest BCUT2D eigenvalue weighted by Crippen LogP contribution is -2.36. The standard InChI is InChI=1S/C15H20N6O4/c1-11-2-4-18-21(11)10-14(23)17-6-5-16-13(22)3-7-20-9-12(8-19-20)15(24)25/h2,4,8-9H,3,5-7,10H2,1H3,(H,16,22)(H,17,23)(H,24,25). The number of carboxylic acid groups (broad SMARTS) is 1. The molecule has 0 fully saturated rings. The van der Waals surface area contributed by atoms with Crippen LogP contribution in [-0.2, 0) is 22.7 Å². The summed E-state index contributed by atoms with van der Waals surface area (Å²) >= 11 is 0. The van der Waals surface area contributed by atoms with E-state index in [0.29, 0.717) is 13.1 Å². The minimum absolute atomic E-state index is 0.0792. The summed E-state index contributed by atoms with van der Waals surface area (Å²) in [7, 11) is 0. The molecule has 0 radical (unpaired) electrons. The van der Waals surface area contributed by atoms with Crippen LogP contribution in [0.4, 0.5) is 0 Å². The first kappa shape index (κ1) is 18.2. The number of amides is 2. The van der Waals surface area contributed by atoms with Crippen molar-refractivity contribution in [2.45, 2.75) is 26.4 Å². The van der Waals surface area contributed by atoms with Crippen molar-refractivity contribution in [3.63, 3.8) is 0 Å². The summed E-state index contributed by atoms with van der Waals surface area (Å²) in [5, 5.41) is 22.0. The van der Waals surface area contributed by atoms with Gasteiger partial charge < -0.3 is 15.7 Å². The maximum absolute atomic E-state index is 11.7. The Kier molecular flexibility index (Phi) is 6.26. The minimum atomic E-state index is -1.06. The zero-order valence-corrected chi connectivity index (χ0v) is 13.8. The summed E-state index contributed by atoms with van der Waals surface area (Å²) < 4.78 is 2.99. The largest absolute Gasteiger partial charge is 0.478 e. The molecule has 25 heavy (non-hydrogen) atoms. The quantitative estimate of drug-likeness (QED) is 0.519. The van der Waals surface area contributed by atoms with Crippen molar-refractivity contribution in [3.05, 3.63) is 35.9 Å². The number of carbonyl (C=O) groups is 3. The predicted molar refractivity (Wildman–Crippen MR) is 86.8 cm³/mol. The monoisotopic (exact) mass is 348 g/mol. The van der Waals surface area contributed by atoms with Crippen molar-refractivity contribution >= 4 is 17.8 Å². The Hall–Kier alpha value is -3.17. The molecule has 0 atom stereocenters. The van der Waals surface area contributed by atoms with E-state index in [1.807, 2.05) is 13.0 Å². The van der Waals surface area contributed by atoms with E-state index in [9.17, 15) is 14.4 Å². The highest BCUT2D eigenvalue weighted by molar-refractivity contribution is 5.86. The highest BCUT2D eigenvalue weighted by Crippen LogP contribution is 1.98. The normalized spacial score (nSPS) is 10.4. The van der Waals surface area contributed by atoms with Gasteiger partial charge in [-0.3, -0.25) is 19.0 Å². The molecular weight excluding hydrogens is 328 g/mol. The van der Waals surface area contributed by atoms with Crippen LogP contribution < -0.4 is 10.6 Å². The van der Waals surface area contributed by atoms with Crippen LogP contribution in [0.5, 0.6) is 0 Å². The summed E-state index contributed by atoms with van der Waals surface area (Å²) in [6.07, 6.45) is 4.40. The SMILES string of the molecule is Cc1ccnn1CC(=O)NCCNC(=O)CCn1cc(C(=O)O)cn1. The summed E-state index contributed by atoms with van der Waals surface area (Å²) in [5.74, 6) is -1.44. The Bertz CT molecular complexity index is 751. The molecule has 2 aromatic rings. The van der Waals surface area contributed by atoms with Crippen molar-refractivity contribution < 1.29 is 19.5 Å². The third-order valence-corrected chi connectivity index (χ3v) is 3.44. The van der Waals surface area contributed by atoms with Crippen molar-refractivity contribution in [1.29, 1.82) is 0 Å². The van der Waals surface area contributed by atoms with Gasteiger partial charge in [0, 0.05) is 44.1 Å². The van der Waals surface area contributed by atoms with Gasteiger partial charge >= 0.3 is 5.97 Å². The second-order valence-corrected chi connectivity index (χ2v) is 5.38. The summed E-state index contributed by atoms with van der Waals surface area (Å²) in [5.41, 5.74) is 0.976. The lowest BCUT2D eigenvalue weighted by atomic mass is 10.3. The molecule has 0 aliphatic rings. The van der Waals surface area contributed by atoms with Gasteiger partial charge in [-0.15, -0.1) is 0 Å². The maximum atomic E-state index is 11.7. The summed E-state index contributed by atoms with van der Waals surface area (Å²) in [6, 6.07) is 1.81. The van der Waals surface area contributed by atoms with Crippen LogP contribution in [0.1, 0.15) is 22.5 Å². The van der Waals surface area contributed by atoms with E-state index in [2.05, 4.69) is 20.8 Å². The van der Waals surface area contributed by atoms with Gasteiger partial charge in [0.05, 0.1) is 11.8 Å². The number of aromatic nitrogens is 4. The number of aromatic carboxylic acids is 1. The van der Waals surface area contributed by atoms with Gasteiger partial charge in [0.15, 0.2) is 0 Å². The third kappa shape index (κ3) is 5.75. The maximum Gasteiger partial charge on any atom is 0.338 e. The van der Waals surface area contributed by atoms with Gasteiger partial charge in [0.25, 0.3) is 0 Å². The smallest absolute Gasteiger partial charge is 0.338 e. The number of hydrogen-bond acceptors (Lipinski definition) is 5. The third-order valence-electron chi connectivity index (χ3n) is 3.44. The Labute approximate surface area is 143 Å². The molecule has 0 saturated carbocycles. The number of carbonyl (C=O) groups excluding carboxylic acids is 2. The molecular formula is C15H20N6O4. The highest BCUT2D eigenvalue weighted by atomic mass is 16.4. The topological polar surface area (TPSA) is 131 Å². The lowest BCUT2D eigenvalue weighted by molar-refractivity contribution is -0.123. The fourth-order valence-electron chi connectivity index (χ4n) is 2.06. The molecule has 0 aromatic carbocycles. The van der Waals surface area contributed by atoms with Gasteiger partial charge in [-0.2, -0.15) is 10.2 Å². The van der Waals surface area contributed by atoms with Crippen molar-refractivity contribution in [2.75, 3.05) is 13.1 Å². The molecule has 2 aromatic heterocycles. The van der Waals surface area contributed by atoms with E-state index < -0.39 is 5.97 Å². The number of nitrogens with one attached hydrogen (secondary N) is 2. The van der Waals surface area contributed by atoms with Gasteiger partial charge in [-0.25, -0.2) is 4.79 Å². The Balaban J connectivity index is 1.59. The molecule has 10 nitrogen and oxygen atoms in total.